The Morgan fingerprint density at radius 1 is 0.658 bits per heavy atom. The lowest BCUT2D eigenvalue weighted by Gasteiger charge is -2.33. The van der Waals surface area contributed by atoms with Crippen molar-refractivity contribution in [3.8, 4) is 5.75 Å². The van der Waals surface area contributed by atoms with Crippen molar-refractivity contribution in [3.05, 3.63) is 138 Å². The molecule has 4 aromatic carbocycles. The van der Waals surface area contributed by atoms with Gasteiger partial charge < -0.3 is 9.64 Å². The van der Waals surface area contributed by atoms with Gasteiger partial charge in [-0.25, -0.2) is 0 Å². The first-order chi connectivity index (χ1) is 18.7. The zero-order valence-electron chi connectivity index (χ0n) is 22.5. The maximum absolute atomic E-state index is 13.8. The van der Waals surface area contributed by atoms with Gasteiger partial charge in [0.2, 0.25) is 5.91 Å². The first-order valence-electron chi connectivity index (χ1n) is 13.9. The Labute approximate surface area is 228 Å². The summed E-state index contributed by atoms with van der Waals surface area (Å²) in [5.74, 6) is 1.03. The Morgan fingerprint density at radius 3 is 1.79 bits per heavy atom. The molecule has 0 bridgehead atoms. The van der Waals surface area contributed by atoms with Gasteiger partial charge in [0.15, 0.2) is 0 Å². The van der Waals surface area contributed by atoms with E-state index in [2.05, 4.69) is 84.6 Å². The van der Waals surface area contributed by atoms with Crippen molar-refractivity contribution < 1.29 is 9.53 Å². The Balaban J connectivity index is 1.54. The third kappa shape index (κ3) is 8.08. The fourth-order valence-electron chi connectivity index (χ4n) is 4.80. The number of unbranched alkanes of at least 4 members (excludes halogenated alkanes) is 4. The van der Waals surface area contributed by atoms with E-state index in [1.807, 2.05) is 42.5 Å². The SMILES string of the molecule is CCCCCCCC(=O)N(Cc1ccc(OCc2ccccc2)cc1)C(c1ccccc1)c1ccccc1. The molecule has 0 aliphatic rings. The second kappa shape index (κ2) is 14.8. The molecule has 0 spiro atoms. The van der Waals surface area contributed by atoms with Crippen molar-refractivity contribution in [3.63, 3.8) is 0 Å². The van der Waals surface area contributed by atoms with Crippen molar-refractivity contribution in [2.45, 2.75) is 64.6 Å². The number of carbonyl (C=O) groups is 1. The van der Waals surface area contributed by atoms with Crippen molar-refractivity contribution >= 4 is 5.91 Å². The van der Waals surface area contributed by atoms with Crippen molar-refractivity contribution in [1.82, 2.24) is 4.90 Å². The van der Waals surface area contributed by atoms with Crippen LogP contribution in [0.2, 0.25) is 0 Å². The van der Waals surface area contributed by atoms with E-state index in [0.29, 0.717) is 19.6 Å². The van der Waals surface area contributed by atoms with Gasteiger partial charge >= 0.3 is 0 Å². The smallest absolute Gasteiger partial charge is 0.223 e. The van der Waals surface area contributed by atoms with E-state index in [1.54, 1.807) is 0 Å². The molecular formula is C35H39NO2. The number of carbonyl (C=O) groups excluding carboxylic acids is 1. The second-order valence-electron chi connectivity index (χ2n) is 9.83. The average Bonchev–Trinajstić information content (AvgIpc) is 2.98. The van der Waals surface area contributed by atoms with Crippen LogP contribution in [0.25, 0.3) is 0 Å². The first kappa shape index (κ1) is 27.2. The van der Waals surface area contributed by atoms with Crippen LogP contribution < -0.4 is 4.74 Å². The van der Waals surface area contributed by atoms with E-state index in [9.17, 15) is 4.79 Å². The minimum atomic E-state index is -0.144. The molecule has 1 amide bonds. The second-order valence-corrected chi connectivity index (χ2v) is 9.83. The van der Waals surface area contributed by atoms with Gasteiger partial charge in [-0.2, -0.15) is 0 Å². The molecule has 0 aliphatic heterocycles. The van der Waals surface area contributed by atoms with Gasteiger partial charge in [-0.1, -0.05) is 136 Å². The van der Waals surface area contributed by atoms with E-state index in [-0.39, 0.29) is 11.9 Å². The summed E-state index contributed by atoms with van der Waals surface area (Å²) in [4.78, 5) is 15.9. The summed E-state index contributed by atoms with van der Waals surface area (Å²) in [6.07, 6.45) is 6.22. The molecule has 3 nitrogen and oxygen atoms in total. The minimum absolute atomic E-state index is 0.144. The number of ether oxygens (including phenoxy) is 1. The van der Waals surface area contributed by atoms with E-state index in [1.165, 1.54) is 19.3 Å². The van der Waals surface area contributed by atoms with Crippen LogP contribution in [0.5, 0.6) is 5.75 Å². The van der Waals surface area contributed by atoms with Gasteiger partial charge in [-0.15, -0.1) is 0 Å². The minimum Gasteiger partial charge on any atom is -0.489 e. The molecule has 0 unspecified atom stereocenters. The molecule has 0 fully saturated rings. The highest BCUT2D eigenvalue weighted by Gasteiger charge is 2.26. The lowest BCUT2D eigenvalue weighted by Crippen LogP contribution is -2.35. The molecule has 4 rings (SSSR count). The zero-order chi connectivity index (χ0) is 26.4. The predicted octanol–water partition coefficient (Wildman–Crippen LogP) is 8.74. The fourth-order valence-corrected chi connectivity index (χ4v) is 4.80. The van der Waals surface area contributed by atoms with Gasteiger partial charge in [-0.3, -0.25) is 4.79 Å². The highest BCUT2D eigenvalue weighted by Crippen LogP contribution is 2.31. The maximum atomic E-state index is 13.8. The molecule has 4 aromatic rings. The van der Waals surface area contributed by atoms with Gasteiger partial charge in [0.05, 0.1) is 6.04 Å². The summed E-state index contributed by atoms with van der Waals surface area (Å²) < 4.78 is 5.99. The summed E-state index contributed by atoms with van der Waals surface area (Å²) in [5, 5.41) is 0. The van der Waals surface area contributed by atoms with Crippen LogP contribution in [-0.4, -0.2) is 10.8 Å². The number of benzene rings is 4. The Kier molecular flexibility index (Phi) is 10.6. The van der Waals surface area contributed by atoms with Crippen LogP contribution in [-0.2, 0) is 17.9 Å². The van der Waals surface area contributed by atoms with Gasteiger partial charge in [0, 0.05) is 13.0 Å². The molecule has 0 radical (unpaired) electrons. The van der Waals surface area contributed by atoms with Crippen molar-refractivity contribution in [1.29, 1.82) is 0 Å². The monoisotopic (exact) mass is 505 g/mol. The number of hydrogen-bond donors (Lipinski definition) is 0. The molecule has 0 aromatic heterocycles. The predicted molar refractivity (Wildman–Crippen MR) is 156 cm³/mol. The topological polar surface area (TPSA) is 29.5 Å². The van der Waals surface area contributed by atoms with Crippen LogP contribution in [0.15, 0.2) is 115 Å². The lowest BCUT2D eigenvalue weighted by atomic mass is 9.95. The number of rotatable bonds is 14. The third-order valence-corrected chi connectivity index (χ3v) is 6.88. The van der Waals surface area contributed by atoms with E-state index in [0.717, 1.165) is 40.8 Å². The quantitative estimate of drug-likeness (QED) is 0.160. The Morgan fingerprint density at radius 2 is 1.21 bits per heavy atom. The summed E-state index contributed by atoms with van der Waals surface area (Å²) in [6.45, 7) is 3.29. The molecule has 0 N–H and O–H groups in total. The molecule has 0 atom stereocenters. The van der Waals surface area contributed by atoms with Crippen LogP contribution in [0.1, 0.15) is 73.7 Å². The third-order valence-electron chi connectivity index (χ3n) is 6.88. The summed E-state index contributed by atoms with van der Waals surface area (Å²) >= 11 is 0. The molecular weight excluding hydrogens is 466 g/mol. The summed E-state index contributed by atoms with van der Waals surface area (Å²) in [7, 11) is 0. The molecule has 196 valence electrons. The number of nitrogens with zero attached hydrogens (tertiary/aromatic N) is 1. The lowest BCUT2D eigenvalue weighted by molar-refractivity contribution is -0.133. The summed E-state index contributed by atoms with van der Waals surface area (Å²) in [5.41, 5.74) is 4.48. The van der Waals surface area contributed by atoms with E-state index in [4.69, 9.17) is 4.74 Å². The molecule has 0 aliphatic carbocycles. The van der Waals surface area contributed by atoms with Crippen molar-refractivity contribution in [2.24, 2.45) is 0 Å². The standard InChI is InChI=1S/C35H39NO2/c1-2-3-4-5-15-22-34(37)36(35(31-18-11-7-12-19-31)32-20-13-8-14-21-32)27-29-23-25-33(26-24-29)38-28-30-16-9-6-10-17-30/h6-14,16-21,23-26,35H,2-5,15,22,27-28H2,1H3. The van der Waals surface area contributed by atoms with E-state index >= 15 is 0 Å². The normalized spacial score (nSPS) is 10.9. The summed E-state index contributed by atoms with van der Waals surface area (Å²) in [6, 6.07) is 39.0. The fraction of sp³-hybridized carbons (Fsp3) is 0.286. The van der Waals surface area contributed by atoms with Crippen molar-refractivity contribution in [2.75, 3.05) is 0 Å². The van der Waals surface area contributed by atoms with Crippen LogP contribution in [0, 0.1) is 0 Å². The van der Waals surface area contributed by atoms with Gasteiger partial charge in [0.25, 0.3) is 0 Å². The van der Waals surface area contributed by atoms with Gasteiger partial charge in [-0.05, 0) is 40.8 Å². The molecule has 0 saturated carbocycles. The largest absolute Gasteiger partial charge is 0.489 e. The van der Waals surface area contributed by atoms with Crippen LogP contribution >= 0.6 is 0 Å². The zero-order valence-corrected chi connectivity index (χ0v) is 22.5. The molecule has 3 heteroatoms. The molecule has 0 heterocycles. The molecule has 0 saturated heterocycles. The van der Waals surface area contributed by atoms with Crippen LogP contribution in [0.4, 0.5) is 0 Å². The highest BCUT2D eigenvalue weighted by molar-refractivity contribution is 5.77. The average molecular weight is 506 g/mol. The first-order valence-corrected chi connectivity index (χ1v) is 13.9. The number of amides is 1. The highest BCUT2D eigenvalue weighted by atomic mass is 16.5. The van der Waals surface area contributed by atoms with Crippen LogP contribution in [0.3, 0.4) is 0 Å². The Hall–Kier alpha value is -3.85. The number of hydrogen-bond acceptors (Lipinski definition) is 2. The molecule has 38 heavy (non-hydrogen) atoms. The maximum Gasteiger partial charge on any atom is 0.223 e. The van der Waals surface area contributed by atoms with Gasteiger partial charge in [0.1, 0.15) is 12.4 Å². The Bertz CT molecular complexity index is 1170. The van der Waals surface area contributed by atoms with E-state index < -0.39 is 0 Å².